The van der Waals surface area contributed by atoms with E-state index in [0.717, 1.165) is 63.7 Å². The molecule has 2 atom stereocenters. The molecule has 1 unspecified atom stereocenters. The highest BCUT2D eigenvalue weighted by Gasteiger charge is 2.19. The Labute approximate surface area is 418 Å². The van der Waals surface area contributed by atoms with Gasteiger partial charge < -0.3 is 14.2 Å². The fraction of sp³-hybridized carbons (Fsp3) is 0.951. The molecule has 398 valence electrons. The largest absolute Gasteiger partial charge is 0.462 e. The van der Waals surface area contributed by atoms with Crippen LogP contribution in [0.1, 0.15) is 349 Å². The molecule has 0 aromatic heterocycles. The zero-order valence-electron chi connectivity index (χ0n) is 45.9. The second-order valence-corrected chi connectivity index (χ2v) is 21.2. The minimum absolute atomic E-state index is 0.0614. The van der Waals surface area contributed by atoms with Crippen LogP contribution in [0, 0.1) is 5.92 Å². The van der Waals surface area contributed by atoms with Crippen molar-refractivity contribution in [1.82, 2.24) is 0 Å². The topological polar surface area (TPSA) is 78.9 Å². The van der Waals surface area contributed by atoms with Crippen LogP contribution in [0.5, 0.6) is 0 Å². The first kappa shape index (κ1) is 65.4. The first-order valence-corrected chi connectivity index (χ1v) is 30.4. The summed E-state index contributed by atoms with van der Waals surface area (Å²) in [6.07, 6.45) is 60.8. The van der Waals surface area contributed by atoms with E-state index in [-0.39, 0.29) is 31.1 Å². The molecule has 0 saturated heterocycles. The smallest absolute Gasteiger partial charge is 0.306 e. The number of unbranched alkanes of at least 4 members (excludes halogenated alkanes) is 42. The fourth-order valence-electron chi connectivity index (χ4n) is 9.42. The van der Waals surface area contributed by atoms with Gasteiger partial charge in [-0.05, 0) is 25.2 Å². The van der Waals surface area contributed by atoms with Gasteiger partial charge >= 0.3 is 17.9 Å². The predicted octanol–water partition coefficient (Wildman–Crippen LogP) is 20.2. The minimum Gasteiger partial charge on any atom is -0.462 e. The molecule has 0 aromatic rings. The minimum atomic E-state index is -0.762. The van der Waals surface area contributed by atoms with Gasteiger partial charge in [-0.3, -0.25) is 14.4 Å². The van der Waals surface area contributed by atoms with E-state index in [1.165, 1.54) is 244 Å². The maximum absolute atomic E-state index is 12.9. The number of carbonyl (C=O) groups is 3. The number of rotatable bonds is 56. The van der Waals surface area contributed by atoms with E-state index in [1.807, 2.05) is 0 Å². The van der Waals surface area contributed by atoms with Gasteiger partial charge in [0.05, 0.1) is 0 Å². The van der Waals surface area contributed by atoms with E-state index in [9.17, 15) is 14.4 Å². The maximum Gasteiger partial charge on any atom is 0.306 e. The third kappa shape index (κ3) is 53.6. The van der Waals surface area contributed by atoms with Crippen molar-refractivity contribution in [2.24, 2.45) is 5.92 Å². The van der Waals surface area contributed by atoms with Crippen molar-refractivity contribution in [1.29, 1.82) is 0 Å². The Balaban J connectivity index is 4.29. The summed E-state index contributed by atoms with van der Waals surface area (Å²) >= 11 is 0. The highest BCUT2D eigenvalue weighted by atomic mass is 16.6. The highest BCUT2D eigenvalue weighted by Crippen LogP contribution is 2.19. The van der Waals surface area contributed by atoms with Crippen LogP contribution in [-0.4, -0.2) is 37.2 Å². The molecule has 0 N–H and O–H groups in total. The van der Waals surface area contributed by atoms with Crippen molar-refractivity contribution >= 4 is 17.9 Å². The summed E-state index contributed by atoms with van der Waals surface area (Å²) in [6.45, 7) is 9.11. The van der Waals surface area contributed by atoms with Crippen LogP contribution in [0.4, 0.5) is 0 Å². The van der Waals surface area contributed by atoms with Gasteiger partial charge in [0.15, 0.2) is 6.10 Å². The molecule has 0 amide bonds. The summed E-state index contributed by atoms with van der Waals surface area (Å²) in [4.78, 5) is 38.2. The zero-order chi connectivity index (χ0) is 48.8. The second kappa shape index (κ2) is 55.3. The molecule has 6 nitrogen and oxygen atoms in total. The molecule has 0 aromatic carbocycles. The SMILES string of the molecule is CCCCCCCCCCCCCCCCCCC(=O)O[C@@H](COC(=O)CCCCCCCCCCCCCCCCC)COC(=O)CCCCCCCCCCCCCCCCC(C)CC. The Bertz CT molecular complexity index is 1010. The van der Waals surface area contributed by atoms with Crippen LogP contribution in [0.15, 0.2) is 0 Å². The number of hydrogen-bond acceptors (Lipinski definition) is 6. The molecule has 0 bridgehead atoms. The van der Waals surface area contributed by atoms with Gasteiger partial charge in [0.2, 0.25) is 0 Å². The van der Waals surface area contributed by atoms with Crippen LogP contribution in [0.2, 0.25) is 0 Å². The van der Waals surface area contributed by atoms with Crippen LogP contribution >= 0.6 is 0 Å². The molecule has 0 aliphatic rings. The van der Waals surface area contributed by atoms with E-state index in [4.69, 9.17) is 14.2 Å². The Morgan fingerprint density at radius 3 is 0.776 bits per heavy atom. The Morgan fingerprint density at radius 2 is 0.522 bits per heavy atom. The average molecular weight is 948 g/mol. The van der Waals surface area contributed by atoms with Gasteiger partial charge in [-0.25, -0.2) is 0 Å². The van der Waals surface area contributed by atoms with E-state index in [0.29, 0.717) is 19.3 Å². The summed E-state index contributed by atoms with van der Waals surface area (Å²) in [5.74, 6) is 0.0650. The van der Waals surface area contributed by atoms with Crippen LogP contribution in [0.3, 0.4) is 0 Å². The van der Waals surface area contributed by atoms with Gasteiger partial charge in [0.1, 0.15) is 13.2 Å². The van der Waals surface area contributed by atoms with Gasteiger partial charge in [-0.2, -0.15) is 0 Å². The fourth-order valence-corrected chi connectivity index (χ4v) is 9.42. The lowest BCUT2D eigenvalue weighted by atomic mass is 9.99. The molecular formula is C61H118O6. The Morgan fingerprint density at radius 1 is 0.299 bits per heavy atom. The highest BCUT2D eigenvalue weighted by molar-refractivity contribution is 5.71. The molecule has 0 aliphatic heterocycles. The molecule has 0 rings (SSSR count). The van der Waals surface area contributed by atoms with E-state index in [2.05, 4.69) is 27.7 Å². The van der Waals surface area contributed by atoms with Crippen molar-refractivity contribution in [3.63, 3.8) is 0 Å². The van der Waals surface area contributed by atoms with Gasteiger partial charge in [0, 0.05) is 19.3 Å². The second-order valence-electron chi connectivity index (χ2n) is 21.2. The quantitative estimate of drug-likeness (QED) is 0.0343. The summed E-state index contributed by atoms with van der Waals surface area (Å²) in [5.41, 5.74) is 0. The molecule has 0 spiro atoms. The van der Waals surface area contributed by atoms with E-state index >= 15 is 0 Å². The first-order valence-electron chi connectivity index (χ1n) is 30.4. The normalized spacial score (nSPS) is 12.4. The first-order chi connectivity index (χ1) is 32.9. The van der Waals surface area contributed by atoms with E-state index < -0.39 is 6.10 Å². The van der Waals surface area contributed by atoms with Gasteiger partial charge in [-0.1, -0.05) is 310 Å². The number of carbonyl (C=O) groups excluding carboxylic acids is 3. The van der Waals surface area contributed by atoms with Crippen LogP contribution < -0.4 is 0 Å². The van der Waals surface area contributed by atoms with Crippen molar-refractivity contribution < 1.29 is 28.6 Å². The molecule has 0 saturated carbocycles. The monoisotopic (exact) mass is 947 g/mol. The molecule has 0 radical (unpaired) electrons. The number of ether oxygens (including phenoxy) is 3. The summed E-state index contributed by atoms with van der Waals surface area (Å²) in [5, 5.41) is 0. The lowest BCUT2D eigenvalue weighted by Gasteiger charge is -2.18. The predicted molar refractivity (Wildman–Crippen MR) is 289 cm³/mol. The molecule has 0 fully saturated rings. The van der Waals surface area contributed by atoms with Crippen molar-refractivity contribution in [3.05, 3.63) is 0 Å². The molecule has 0 heterocycles. The standard InChI is InChI=1S/C61H118O6/c1-5-8-10-12-14-16-18-20-22-24-30-34-38-42-46-50-54-61(64)67-58(55-65-59(62)52-48-44-40-36-32-28-23-21-19-17-15-13-11-9-6-2)56-66-60(63)53-49-45-41-37-33-29-26-25-27-31-35-39-43-47-51-57(4)7-3/h57-58H,5-56H2,1-4H3/t57?,58-/m0/s1. The third-order valence-corrected chi connectivity index (χ3v) is 14.4. The lowest BCUT2D eigenvalue weighted by molar-refractivity contribution is -0.167. The third-order valence-electron chi connectivity index (χ3n) is 14.4. The maximum atomic E-state index is 12.9. The van der Waals surface area contributed by atoms with Gasteiger partial charge in [0.25, 0.3) is 0 Å². The van der Waals surface area contributed by atoms with Crippen LogP contribution in [0.25, 0.3) is 0 Å². The van der Waals surface area contributed by atoms with Gasteiger partial charge in [-0.15, -0.1) is 0 Å². The zero-order valence-corrected chi connectivity index (χ0v) is 45.9. The summed E-state index contributed by atoms with van der Waals surface area (Å²) in [6, 6.07) is 0. The molecule has 6 heteroatoms. The average Bonchev–Trinajstić information content (AvgIpc) is 3.33. The molecular weight excluding hydrogens is 829 g/mol. The van der Waals surface area contributed by atoms with Crippen LogP contribution in [-0.2, 0) is 28.6 Å². The van der Waals surface area contributed by atoms with E-state index in [1.54, 1.807) is 0 Å². The Hall–Kier alpha value is -1.59. The number of esters is 3. The summed E-state index contributed by atoms with van der Waals surface area (Å²) < 4.78 is 16.9. The summed E-state index contributed by atoms with van der Waals surface area (Å²) in [7, 11) is 0. The lowest BCUT2D eigenvalue weighted by Crippen LogP contribution is -2.30. The molecule has 67 heavy (non-hydrogen) atoms. The van der Waals surface area contributed by atoms with Crippen molar-refractivity contribution in [3.8, 4) is 0 Å². The van der Waals surface area contributed by atoms with Crippen molar-refractivity contribution in [2.75, 3.05) is 13.2 Å². The number of hydrogen-bond donors (Lipinski definition) is 0. The van der Waals surface area contributed by atoms with Crippen molar-refractivity contribution in [2.45, 2.75) is 355 Å². The Kier molecular flexibility index (Phi) is 54.0. The molecule has 0 aliphatic carbocycles.